The number of hydrogen-bond acceptors (Lipinski definition) is 1. The first kappa shape index (κ1) is 18.4. The van der Waals surface area contributed by atoms with Crippen LogP contribution < -0.4 is 0 Å². The maximum Gasteiger partial charge on any atom is 0.200 e. The van der Waals surface area contributed by atoms with Gasteiger partial charge in [-0.25, -0.2) is 22.0 Å². The zero-order valence-electron chi connectivity index (χ0n) is 13.5. The third kappa shape index (κ3) is 3.45. The van der Waals surface area contributed by atoms with Gasteiger partial charge >= 0.3 is 0 Å². The molecular formula is C16H21F5OSi. The van der Waals surface area contributed by atoms with E-state index >= 15 is 0 Å². The van der Waals surface area contributed by atoms with E-state index in [-0.39, 0.29) is 5.54 Å². The molecule has 0 spiro atoms. The number of rotatable bonds is 4. The van der Waals surface area contributed by atoms with Crippen LogP contribution in [0.2, 0.25) is 18.6 Å². The molecule has 23 heavy (non-hydrogen) atoms. The van der Waals surface area contributed by atoms with Gasteiger partial charge in [-0.15, -0.1) is 0 Å². The molecule has 2 atom stereocenters. The quantitative estimate of drug-likeness (QED) is 0.294. The minimum absolute atomic E-state index is 0.135. The third-order valence-electron chi connectivity index (χ3n) is 4.83. The Hall–Kier alpha value is -0.953. The lowest BCUT2D eigenvalue weighted by atomic mass is 9.83. The molecule has 1 aromatic carbocycles. The second-order valence-electron chi connectivity index (χ2n) is 6.58. The van der Waals surface area contributed by atoms with E-state index in [4.69, 9.17) is 4.43 Å². The van der Waals surface area contributed by atoms with Crippen molar-refractivity contribution in [1.82, 2.24) is 0 Å². The third-order valence-corrected chi connectivity index (χ3v) is 8.35. The van der Waals surface area contributed by atoms with Crippen molar-refractivity contribution in [2.45, 2.75) is 57.2 Å². The molecule has 130 valence electrons. The Morgan fingerprint density at radius 3 is 1.96 bits per heavy atom. The maximum absolute atomic E-state index is 14.0. The van der Waals surface area contributed by atoms with Crippen LogP contribution in [0.5, 0.6) is 0 Å². The Balaban J connectivity index is 2.36. The molecular weight excluding hydrogens is 331 g/mol. The van der Waals surface area contributed by atoms with Crippen molar-refractivity contribution in [3.8, 4) is 0 Å². The Morgan fingerprint density at radius 2 is 1.43 bits per heavy atom. The largest absolute Gasteiger partial charge is 0.417 e. The Labute approximate surface area is 134 Å². The summed E-state index contributed by atoms with van der Waals surface area (Å²) in [6.07, 6.45) is 2.38. The van der Waals surface area contributed by atoms with Gasteiger partial charge in [0.15, 0.2) is 31.6 Å². The molecule has 1 aliphatic carbocycles. The van der Waals surface area contributed by atoms with E-state index in [9.17, 15) is 22.0 Å². The molecule has 0 heterocycles. The summed E-state index contributed by atoms with van der Waals surface area (Å²) in [6.45, 7) is 6.51. The van der Waals surface area contributed by atoms with Crippen molar-refractivity contribution in [2.24, 2.45) is 0 Å². The summed E-state index contributed by atoms with van der Waals surface area (Å²) in [5.74, 6) is -9.86. The Kier molecular flexibility index (Phi) is 5.50. The van der Waals surface area contributed by atoms with Crippen molar-refractivity contribution >= 4 is 8.32 Å². The fourth-order valence-electron chi connectivity index (χ4n) is 3.55. The van der Waals surface area contributed by atoms with Crippen LogP contribution in [-0.2, 0) is 4.43 Å². The first-order valence-electron chi connectivity index (χ1n) is 7.86. The molecule has 0 radical (unpaired) electrons. The molecule has 1 aromatic rings. The van der Waals surface area contributed by atoms with Crippen LogP contribution in [0.3, 0.4) is 0 Å². The van der Waals surface area contributed by atoms with Crippen LogP contribution in [-0.4, -0.2) is 14.9 Å². The highest BCUT2D eigenvalue weighted by molar-refractivity contribution is 6.72. The predicted octanol–water partition coefficient (Wildman–Crippen LogP) is 5.65. The van der Waals surface area contributed by atoms with Crippen molar-refractivity contribution in [1.29, 1.82) is 0 Å². The highest BCUT2D eigenvalue weighted by atomic mass is 28.4. The lowest BCUT2D eigenvalue weighted by molar-refractivity contribution is 0.294. The van der Waals surface area contributed by atoms with Crippen molar-refractivity contribution in [3.63, 3.8) is 0 Å². The van der Waals surface area contributed by atoms with Crippen LogP contribution >= 0.6 is 0 Å². The molecule has 1 fully saturated rings. The molecule has 0 aliphatic heterocycles. The van der Waals surface area contributed by atoms with Crippen molar-refractivity contribution < 1.29 is 26.4 Å². The molecule has 0 aromatic heterocycles. The minimum Gasteiger partial charge on any atom is -0.417 e. The molecule has 1 nitrogen and oxygen atoms in total. The lowest BCUT2D eigenvalue weighted by Gasteiger charge is -2.38. The summed E-state index contributed by atoms with van der Waals surface area (Å²) in [5.41, 5.74) is -0.524. The van der Waals surface area contributed by atoms with E-state index in [1.165, 1.54) is 0 Å². The van der Waals surface area contributed by atoms with Gasteiger partial charge in [0.25, 0.3) is 0 Å². The number of benzene rings is 1. The molecule has 0 bridgehead atoms. The van der Waals surface area contributed by atoms with Gasteiger partial charge in [0.1, 0.15) is 0 Å². The van der Waals surface area contributed by atoms with E-state index in [0.717, 1.165) is 6.42 Å². The Morgan fingerprint density at radius 1 is 0.913 bits per heavy atom. The van der Waals surface area contributed by atoms with E-state index in [1.54, 1.807) is 0 Å². The fourth-order valence-corrected chi connectivity index (χ4v) is 6.28. The zero-order valence-corrected chi connectivity index (χ0v) is 14.5. The van der Waals surface area contributed by atoms with E-state index < -0.39 is 48.9 Å². The van der Waals surface area contributed by atoms with E-state index in [0.29, 0.717) is 25.9 Å². The Bertz CT molecular complexity index is 561. The van der Waals surface area contributed by atoms with Crippen LogP contribution in [0.1, 0.15) is 44.1 Å². The highest BCUT2D eigenvalue weighted by Gasteiger charge is 2.40. The summed E-state index contributed by atoms with van der Waals surface area (Å²) >= 11 is 0. The molecule has 0 amide bonds. The molecule has 7 heteroatoms. The van der Waals surface area contributed by atoms with E-state index in [2.05, 4.69) is 0 Å². The van der Waals surface area contributed by atoms with Crippen molar-refractivity contribution in [3.05, 3.63) is 34.6 Å². The van der Waals surface area contributed by atoms with E-state index in [1.807, 2.05) is 20.0 Å². The molecule has 1 saturated carbocycles. The monoisotopic (exact) mass is 352 g/mol. The average molecular weight is 352 g/mol. The minimum atomic E-state index is -2.10. The normalized spacial score (nSPS) is 22.4. The van der Waals surface area contributed by atoms with Crippen LogP contribution in [0.4, 0.5) is 22.0 Å². The summed E-state index contributed by atoms with van der Waals surface area (Å²) < 4.78 is 73.9. The average Bonchev–Trinajstić information content (AvgIpc) is 2.51. The topological polar surface area (TPSA) is 9.23 Å². The number of halogens is 5. The summed E-state index contributed by atoms with van der Waals surface area (Å²) in [7, 11) is -2.06. The van der Waals surface area contributed by atoms with Crippen molar-refractivity contribution in [2.75, 3.05) is 6.61 Å². The zero-order chi connectivity index (χ0) is 17.4. The molecule has 2 unspecified atom stereocenters. The fraction of sp³-hybridized carbons (Fsp3) is 0.625. The van der Waals surface area contributed by atoms with Gasteiger partial charge in [0.05, 0.1) is 0 Å². The van der Waals surface area contributed by atoms with Gasteiger partial charge in [-0.2, -0.15) is 0 Å². The molecule has 2 rings (SSSR count). The maximum atomic E-state index is 14.0. The summed E-state index contributed by atoms with van der Waals surface area (Å²) in [6, 6.07) is 0. The predicted molar refractivity (Wildman–Crippen MR) is 80.3 cm³/mol. The SMILES string of the molecule is CCO[Si](C)(C)C1CCCC(c2c(F)c(F)c(F)c(F)c2F)C1. The first-order valence-corrected chi connectivity index (χ1v) is 10.8. The summed E-state index contributed by atoms with van der Waals surface area (Å²) in [5, 5.41) is 0. The van der Waals surface area contributed by atoms with Gasteiger partial charge in [-0.3, -0.25) is 0 Å². The van der Waals surface area contributed by atoms with Gasteiger partial charge in [-0.05, 0) is 44.3 Å². The van der Waals surface area contributed by atoms with Crippen LogP contribution in [0.15, 0.2) is 0 Å². The van der Waals surface area contributed by atoms with Gasteiger partial charge in [-0.1, -0.05) is 12.8 Å². The first-order chi connectivity index (χ1) is 10.7. The summed E-state index contributed by atoms with van der Waals surface area (Å²) in [4.78, 5) is 0. The van der Waals surface area contributed by atoms with Gasteiger partial charge in [0, 0.05) is 12.2 Å². The molecule has 1 aliphatic rings. The highest BCUT2D eigenvalue weighted by Crippen LogP contribution is 2.46. The standard InChI is InChI=1S/C16H21F5OSi/c1-4-22-23(2,3)10-7-5-6-9(8-10)11-12(17)14(19)16(21)15(20)13(11)18/h9-10H,4-8H2,1-3H3. The van der Waals surface area contributed by atoms with Gasteiger partial charge in [0.2, 0.25) is 5.82 Å². The second-order valence-corrected chi connectivity index (χ2v) is 10.9. The molecule has 0 saturated heterocycles. The van der Waals surface area contributed by atoms with Gasteiger partial charge < -0.3 is 4.43 Å². The van der Waals surface area contributed by atoms with Crippen LogP contribution in [0.25, 0.3) is 0 Å². The lowest BCUT2D eigenvalue weighted by Crippen LogP contribution is -2.39. The molecule has 0 N–H and O–H groups in total. The number of hydrogen-bond donors (Lipinski definition) is 0. The van der Waals surface area contributed by atoms with Crippen LogP contribution in [0, 0.1) is 29.1 Å². The smallest absolute Gasteiger partial charge is 0.200 e. The second kappa shape index (κ2) is 6.89.